The quantitative estimate of drug-likeness (QED) is 0.563. The van der Waals surface area contributed by atoms with Gasteiger partial charge in [0.1, 0.15) is 5.75 Å². The molecule has 0 saturated heterocycles. The third-order valence-electron chi connectivity index (χ3n) is 5.70. The van der Waals surface area contributed by atoms with Gasteiger partial charge in [0, 0.05) is 18.3 Å². The number of hydrogen-bond donors (Lipinski definition) is 0. The van der Waals surface area contributed by atoms with Crippen LogP contribution in [0.5, 0.6) is 5.75 Å². The topological polar surface area (TPSA) is 87.7 Å². The predicted octanol–water partition coefficient (Wildman–Crippen LogP) is 1.77. The lowest BCUT2D eigenvalue weighted by molar-refractivity contribution is -0.136. The van der Waals surface area contributed by atoms with Crippen molar-refractivity contribution in [2.75, 3.05) is 14.2 Å². The number of esters is 1. The lowest BCUT2D eigenvalue weighted by Gasteiger charge is -2.24. The van der Waals surface area contributed by atoms with Gasteiger partial charge in [0.05, 0.1) is 41.8 Å². The van der Waals surface area contributed by atoms with Gasteiger partial charge >= 0.3 is 5.97 Å². The summed E-state index contributed by atoms with van der Waals surface area (Å²) >= 11 is 1.29. The van der Waals surface area contributed by atoms with E-state index in [0.717, 1.165) is 22.5 Å². The molecule has 1 aliphatic heterocycles. The van der Waals surface area contributed by atoms with E-state index in [2.05, 4.69) is 10.1 Å². The maximum absolute atomic E-state index is 13.6. The Labute approximate surface area is 188 Å². The van der Waals surface area contributed by atoms with E-state index in [1.165, 1.54) is 18.4 Å². The fourth-order valence-electron chi connectivity index (χ4n) is 3.92. The molecule has 8 nitrogen and oxygen atoms in total. The number of nitrogens with zero attached hydrogens (tertiary/aromatic N) is 4. The third-order valence-corrected chi connectivity index (χ3v) is 6.68. The van der Waals surface area contributed by atoms with Crippen LogP contribution in [0.3, 0.4) is 0 Å². The molecule has 0 spiro atoms. The average molecular weight is 453 g/mol. The zero-order valence-corrected chi connectivity index (χ0v) is 19.6. The second-order valence-corrected chi connectivity index (χ2v) is 8.56. The molecule has 0 radical (unpaired) electrons. The van der Waals surface area contributed by atoms with E-state index in [1.807, 2.05) is 39.1 Å². The molecule has 0 fully saturated rings. The van der Waals surface area contributed by atoms with Crippen LogP contribution in [0.2, 0.25) is 0 Å². The Balaban J connectivity index is 1.99. The summed E-state index contributed by atoms with van der Waals surface area (Å²) in [5, 5.41) is 4.43. The molecule has 0 bridgehead atoms. The van der Waals surface area contributed by atoms with Crippen LogP contribution in [0.4, 0.5) is 0 Å². The van der Waals surface area contributed by atoms with Gasteiger partial charge in [-0.1, -0.05) is 23.5 Å². The molecule has 9 heteroatoms. The highest BCUT2D eigenvalue weighted by Gasteiger charge is 2.33. The zero-order chi connectivity index (χ0) is 23.2. The summed E-state index contributed by atoms with van der Waals surface area (Å²) in [5.74, 6) is 0.171. The number of rotatable bonds is 4. The van der Waals surface area contributed by atoms with Crippen molar-refractivity contribution in [2.45, 2.75) is 26.8 Å². The number of thiazole rings is 1. The van der Waals surface area contributed by atoms with Crippen LogP contribution < -0.4 is 19.6 Å². The number of aryl methyl sites for hydroxylation is 2. The lowest BCUT2D eigenvalue weighted by Crippen LogP contribution is -2.39. The largest absolute Gasteiger partial charge is 0.497 e. The summed E-state index contributed by atoms with van der Waals surface area (Å²) in [6, 6.07) is 6.65. The standard InChI is InChI=1S/C23H24N4O4S/c1-12-17(14(3)26(4)25-12)11-18-21(28)27-20(15-7-9-16(30-5)10-8-15)19(22(29)31-6)13(2)24-23(27)32-18/h7-11,20H,1-6H3. The molecule has 4 rings (SSSR count). The van der Waals surface area contributed by atoms with Gasteiger partial charge in [-0.2, -0.15) is 5.10 Å². The first kappa shape index (κ1) is 21.8. The third kappa shape index (κ3) is 3.48. The SMILES string of the molecule is COC(=O)C1=C(C)N=c2sc(=Cc3c(C)nn(C)c3C)c(=O)n2C1c1ccc(OC)cc1. The van der Waals surface area contributed by atoms with Gasteiger partial charge in [-0.25, -0.2) is 9.79 Å². The normalized spacial score (nSPS) is 16.1. The Bertz CT molecular complexity index is 1420. The fraction of sp³-hybridized carbons (Fsp3) is 0.304. The van der Waals surface area contributed by atoms with E-state index in [1.54, 1.807) is 35.4 Å². The van der Waals surface area contributed by atoms with Crippen molar-refractivity contribution in [3.05, 3.63) is 77.7 Å². The predicted molar refractivity (Wildman–Crippen MR) is 121 cm³/mol. The van der Waals surface area contributed by atoms with Crippen molar-refractivity contribution in [3.63, 3.8) is 0 Å². The maximum atomic E-state index is 13.6. The van der Waals surface area contributed by atoms with Crippen molar-refractivity contribution < 1.29 is 14.3 Å². The Hall–Kier alpha value is -3.46. The highest BCUT2D eigenvalue weighted by molar-refractivity contribution is 7.07. The van der Waals surface area contributed by atoms with Gasteiger partial charge in [-0.3, -0.25) is 14.0 Å². The summed E-state index contributed by atoms with van der Waals surface area (Å²) in [4.78, 5) is 31.4. The molecule has 1 aliphatic rings. The number of fused-ring (bicyclic) bond motifs is 1. The molecule has 0 N–H and O–H groups in total. The van der Waals surface area contributed by atoms with Crippen molar-refractivity contribution >= 4 is 23.4 Å². The number of aromatic nitrogens is 3. The van der Waals surface area contributed by atoms with Crippen LogP contribution in [0, 0.1) is 13.8 Å². The smallest absolute Gasteiger partial charge is 0.338 e. The molecule has 3 aromatic rings. The molecule has 0 amide bonds. The van der Waals surface area contributed by atoms with Crippen LogP contribution in [-0.2, 0) is 16.6 Å². The van der Waals surface area contributed by atoms with E-state index in [-0.39, 0.29) is 5.56 Å². The van der Waals surface area contributed by atoms with E-state index in [4.69, 9.17) is 9.47 Å². The highest BCUT2D eigenvalue weighted by atomic mass is 32.1. The molecule has 32 heavy (non-hydrogen) atoms. The average Bonchev–Trinajstić information content (AvgIpc) is 3.22. The minimum atomic E-state index is -0.650. The number of ether oxygens (including phenoxy) is 2. The summed E-state index contributed by atoms with van der Waals surface area (Å²) in [7, 11) is 4.79. The fourth-order valence-corrected chi connectivity index (χ4v) is 4.95. The summed E-state index contributed by atoms with van der Waals surface area (Å²) in [6.45, 7) is 5.63. The van der Waals surface area contributed by atoms with Crippen LogP contribution in [0.1, 0.15) is 35.5 Å². The maximum Gasteiger partial charge on any atom is 0.338 e. The van der Waals surface area contributed by atoms with Gasteiger partial charge in [0.2, 0.25) is 0 Å². The molecular formula is C23H24N4O4S. The van der Waals surface area contributed by atoms with E-state index in [0.29, 0.717) is 26.4 Å². The van der Waals surface area contributed by atoms with Crippen LogP contribution in [0.25, 0.3) is 6.08 Å². The van der Waals surface area contributed by atoms with Crippen LogP contribution in [0.15, 0.2) is 45.3 Å². The van der Waals surface area contributed by atoms with E-state index < -0.39 is 12.0 Å². The minimum Gasteiger partial charge on any atom is -0.497 e. The van der Waals surface area contributed by atoms with Gasteiger partial charge in [-0.05, 0) is 44.5 Å². The van der Waals surface area contributed by atoms with Gasteiger partial charge in [-0.15, -0.1) is 0 Å². The first-order valence-corrected chi connectivity index (χ1v) is 10.8. The van der Waals surface area contributed by atoms with Crippen LogP contribution in [-0.4, -0.2) is 34.5 Å². The Kier molecular flexibility index (Phi) is 5.60. The molecule has 0 saturated carbocycles. The molecule has 2 aromatic heterocycles. The lowest BCUT2D eigenvalue weighted by atomic mass is 9.96. The van der Waals surface area contributed by atoms with E-state index >= 15 is 0 Å². The van der Waals surface area contributed by atoms with Crippen molar-refractivity contribution in [1.82, 2.24) is 14.3 Å². The van der Waals surface area contributed by atoms with E-state index in [9.17, 15) is 9.59 Å². The Morgan fingerprint density at radius 3 is 2.41 bits per heavy atom. The second kappa shape index (κ2) is 8.23. The van der Waals surface area contributed by atoms with Crippen molar-refractivity contribution in [2.24, 2.45) is 12.0 Å². The summed E-state index contributed by atoms with van der Waals surface area (Å²) in [5.41, 5.74) is 4.13. The highest BCUT2D eigenvalue weighted by Crippen LogP contribution is 2.31. The summed E-state index contributed by atoms with van der Waals surface area (Å²) in [6.07, 6.45) is 1.85. The van der Waals surface area contributed by atoms with Gasteiger partial charge in [0.15, 0.2) is 4.80 Å². The first-order valence-electron chi connectivity index (χ1n) is 10.0. The minimum absolute atomic E-state index is 0.217. The molecule has 166 valence electrons. The number of allylic oxidation sites excluding steroid dienone is 1. The molecule has 1 aromatic carbocycles. The first-order chi connectivity index (χ1) is 15.3. The molecular weight excluding hydrogens is 428 g/mol. The Morgan fingerprint density at radius 1 is 1.16 bits per heavy atom. The van der Waals surface area contributed by atoms with Crippen molar-refractivity contribution in [3.8, 4) is 5.75 Å². The van der Waals surface area contributed by atoms with Gasteiger partial charge < -0.3 is 9.47 Å². The number of carbonyl (C=O) groups is 1. The zero-order valence-electron chi connectivity index (χ0n) is 18.8. The molecule has 0 aliphatic carbocycles. The number of hydrogen-bond acceptors (Lipinski definition) is 7. The monoisotopic (exact) mass is 452 g/mol. The summed E-state index contributed by atoms with van der Waals surface area (Å²) < 4.78 is 14.2. The van der Waals surface area contributed by atoms with Crippen molar-refractivity contribution in [1.29, 1.82) is 0 Å². The Morgan fingerprint density at radius 2 is 1.84 bits per heavy atom. The van der Waals surface area contributed by atoms with Crippen LogP contribution >= 0.6 is 11.3 Å². The molecule has 1 unspecified atom stereocenters. The second-order valence-electron chi connectivity index (χ2n) is 7.55. The number of benzene rings is 1. The van der Waals surface area contributed by atoms with Gasteiger partial charge in [0.25, 0.3) is 5.56 Å². The number of carbonyl (C=O) groups excluding carboxylic acids is 1. The molecule has 1 atom stereocenters. The molecule has 3 heterocycles. The number of methoxy groups -OCH3 is 2.